The average molecular weight is 624 g/mol. The van der Waals surface area contributed by atoms with E-state index in [2.05, 4.69) is 45.2 Å². The fourth-order valence-corrected chi connectivity index (χ4v) is 4.69. The van der Waals surface area contributed by atoms with Crippen molar-refractivity contribution in [2.75, 3.05) is 20.3 Å². The monoisotopic (exact) mass is 624 g/mol. The third-order valence-corrected chi connectivity index (χ3v) is 5.52. The van der Waals surface area contributed by atoms with Gasteiger partial charge >= 0.3 is 11.9 Å². The zero-order chi connectivity index (χ0) is 21.4. The van der Waals surface area contributed by atoms with Gasteiger partial charge in [0.25, 0.3) is 0 Å². The van der Waals surface area contributed by atoms with Crippen LogP contribution in [0.2, 0.25) is 0 Å². The first-order chi connectivity index (χ1) is 13.9. The SMILES string of the molecule is CCOC(=O)C(Cc1cc(I)c(Oc2ccc(OC)cc2)c(I)c1)C(=O)OCC. The van der Waals surface area contributed by atoms with Gasteiger partial charge in [-0.15, -0.1) is 0 Å². The molecular formula is C21H22I2O6. The van der Waals surface area contributed by atoms with E-state index in [4.69, 9.17) is 18.9 Å². The highest BCUT2D eigenvalue weighted by Gasteiger charge is 2.30. The van der Waals surface area contributed by atoms with Crippen LogP contribution in [-0.2, 0) is 25.5 Å². The van der Waals surface area contributed by atoms with Crippen molar-refractivity contribution in [3.63, 3.8) is 0 Å². The number of hydrogen-bond acceptors (Lipinski definition) is 6. The van der Waals surface area contributed by atoms with E-state index in [1.165, 1.54) is 0 Å². The number of ether oxygens (including phenoxy) is 4. The van der Waals surface area contributed by atoms with Gasteiger partial charge in [0.05, 0.1) is 27.5 Å². The van der Waals surface area contributed by atoms with Gasteiger partial charge in [-0.1, -0.05) is 0 Å². The Labute approximate surface area is 197 Å². The van der Waals surface area contributed by atoms with E-state index in [1.54, 1.807) is 21.0 Å². The number of rotatable bonds is 9. The first-order valence-corrected chi connectivity index (χ1v) is 11.2. The van der Waals surface area contributed by atoms with E-state index >= 15 is 0 Å². The van der Waals surface area contributed by atoms with Gasteiger partial charge in [0.15, 0.2) is 11.7 Å². The van der Waals surface area contributed by atoms with Gasteiger partial charge in [-0.3, -0.25) is 9.59 Å². The first kappa shape index (κ1) is 23.7. The van der Waals surface area contributed by atoms with Crippen LogP contribution in [-0.4, -0.2) is 32.3 Å². The number of carbonyl (C=O) groups excluding carboxylic acids is 2. The van der Waals surface area contributed by atoms with Gasteiger partial charge in [0.1, 0.15) is 11.5 Å². The molecule has 0 aliphatic heterocycles. The van der Waals surface area contributed by atoms with E-state index in [9.17, 15) is 9.59 Å². The predicted octanol–water partition coefficient (Wildman–Crippen LogP) is 4.98. The molecule has 2 rings (SSSR count). The minimum Gasteiger partial charge on any atom is -0.497 e. The van der Waals surface area contributed by atoms with Crippen molar-refractivity contribution >= 4 is 57.1 Å². The summed E-state index contributed by atoms with van der Waals surface area (Å²) in [5.74, 6) is 0.00853. The second-order valence-corrected chi connectivity index (χ2v) is 8.25. The smallest absolute Gasteiger partial charge is 0.320 e. The number of carbonyl (C=O) groups is 2. The molecule has 0 aliphatic rings. The number of benzene rings is 2. The molecule has 0 saturated carbocycles. The normalized spacial score (nSPS) is 10.6. The molecule has 0 heterocycles. The molecule has 156 valence electrons. The van der Waals surface area contributed by atoms with Crippen LogP contribution in [0.25, 0.3) is 0 Å². The Balaban J connectivity index is 2.23. The Morgan fingerprint density at radius 1 is 0.897 bits per heavy atom. The highest BCUT2D eigenvalue weighted by Crippen LogP contribution is 2.34. The molecule has 0 atom stereocenters. The molecule has 6 nitrogen and oxygen atoms in total. The molecule has 8 heteroatoms. The summed E-state index contributed by atoms with van der Waals surface area (Å²) >= 11 is 4.36. The molecule has 2 aromatic carbocycles. The summed E-state index contributed by atoms with van der Waals surface area (Å²) in [7, 11) is 1.61. The van der Waals surface area contributed by atoms with Crippen LogP contribution in [0.3, 0.4) is 0 Å². The Hall–Kier alpha value is -1.56. The van der Waals surface area contributed by atoms with E-state index in [1.807, 2.05) is 36.4 Å². The van der Waals surface area contributed by atoms with Crippen LogP contribution in [0.5, 0.6) is 17.2 Å². The summed E-state index contributed by atoms with van der Waals surface area (Å²) in [6.07, 6.45) is 0.201. The highest BCUT2D eigenvalue weighted by molar-refractivity contribution is 14.1. The van der Waals surface area contributed by atoms with E-state index in [0.717, 1.165) is 18.5 Å². The van der Waals surface area contributed by atoms with Gasteiger partial charge in [-0.2, -0.15) is 0 Å². The van der Waals surface area contributed by atoms with Gasteiger partial charge in [0.2, 0.25) is 0 Å². The number of esters is 2. The lowest BCUT2D eigenvalue weighted by Crippen LogP contribution is -2.30. The maximum absolute atomic E-state index is 12.2. The van der Waals surface area contributed by atoms with Crippen molar-refractivity contribution in [2.24, 2.45) is 5.92 Å². The summed E-state index contributed by atoms with van der Waals surface area (Å²) in [4.78, 5) is 24.5. The molecule has 2 aromatic rings. The standard InChI is InChI=1S/C21H22I2O6/c1-4-27-20(24)16(21(25)28-5-2)10-13-11-17(22)19(18(23)12-13)29-15-8-6-14(26-3)7-9-15/h6-9,11-12,16H,4-5,10H2,1-3H3. The molecule has 0 N–H and O–H groups in total. The van der Waals surface area contributed by atoms with Crippen molar-refractivity contribution < 1.29 is 28.5 Å². The Morgan fingerprint density at radius 3 is 1.83 bits per heavy atom. The van der Waals surface area contributed by atoms with E-state index in [-0.39, 0.29) is 19.6 Å². The third-order valence-electron chi connectivity index (χ3n) is 3.92. The van der Waals surface area contributed by atoms with Crippen molar-refractivity contribution in [3.8, 4) is 17.2 Å². The minimum absolute atomic E-state index is 0.201. The fourth-order valence-electron chi connectivity index (χ4n) is 2.57. The largest absolute Gasteiger partial charge is 0.497 e. The molecule has 0 aromatic heterocycles. The van der Waals surface area contributed by atoms with Crippen LogP contribution < -0.4 is 9.47 Å². The van der Waals surface area contributed by atoms with Crippen LogP contribution >= 0.6 is 45.2 Å². The van der Waals surface area contributed by atoms with Gasteiger partial charge < -0.3 is 18.9 Å². The molecular weight excluding hydrogens is 602 g/mol. The quantitative estimate of drug-likeness (QED) is 0.223. The Morgan fingerprint density at radius 2 is 1.38 bits per heavy atom. The minimum atomic E-state index is -0.991. The summed E-state index contributed by atoms with van der Waals surface area (Å²) in [5.41, 5.74) is 0.826. The summed E-state index contributed by atoms with van der Waals surface area (Å²) in [5, 5.41) is 0. The molecule has 0 fully saturated rings. The Bertz CT molecular complexity index is 810. The van der Waals surface area contributed by atoms with Crippen LogP contribution in [0.4, 0.5) is 0 Å². The number of halogens is 2. The zero-order valence-corrected chi connectivity index (χ0v) is 20.7. The summed E-state index contributed by atoms with van der Waals surface area (Å²) in [6.45, 7) is 3.82. The maximum atomic E-state index is 12.2. The van der Waals surface area contributed by atoms with Crippen molar-refractivity contribution in [1.82, 2.24) is 0 Å². The second kappa shape index (κ2) is 11.6. The van der Waals surface area contributed by atoms with Crippen LogP contribution in [0.1, 0.15) is 19.4 Å². The van der Waals surface area contributed by atoms with Crippen LogP contribution in [0, 0.1) is 13.1 Å². The lowest BCUT2D eigenvalue weighted by Gasteiger charge is -2.16. The van der Waals surface area contributed by atoms with Crippen molar-refractivity contribution in [3.05, 3.63) is 49.1 Å². The van der Waals surface area contributed by atoms with Crippen molar-refractivity contribution in [1.29, 1.82) is 0 Å². The molecule has 29 heavy (non-hydrogen) atoms. The third kappa shape index (κ3) is 6.73. The molecule has 0 radical (unpaired) electrons. The van der Waals surface area contributed by atoms with Crippen LogP contribution in [0.15, 0.2) is 36.4 Å². The van der Waals surface area contributed by atoms with Crippen molar-refractivity contribution in [2.45, 2.75) is 20.3 Å². The topological polar surface area (TPSA) is 71.1 Å². The van der Waals surface area contributed by atoms with E-state index < -0.39 is 17.9 Å². The molecule has 0 amide bonds. The lowest BCUT2D eigenvalue weighted by atomic mass is 9.99. The highest BCUT2D eigenvalue weighted by atomic mass is 127. The van der Waals surface area contributed by atoms with Gasteiger partial charge in [0, 0.05) is 0 Å². The maximum Gasteiger partial charge on any atom is 0.320 e. The molecule has 0 aliphatic carbocycles. The molecule has 0 unspecified atom stereocenters. The van der Waals surface area contributed by atoms with E-state index in [0.29, 0.717) is 11.5 Å². The first-order valence-electron chi connectivity index (χ1n) is 9.02. The predicted molar refractivity (Wildman–Crippen MR) is 125 cm³/mol. The summed E-state index contributed by atoms with van der Waals surface area (Å²) < 4.78 is 23.0. The van der Waals surface area contributed by atoms with Gasteiger partial charge in [-0.05, 0) is 107 Å². The number of hydrogen-bond donors (Lipinski definition) is 0. The number of methoxy groups -OCH3 is 1. The Kier molecular flexibility index (Phi) is 9.47. The zero-order valence-electron chi connectivity index (χ0n) is 16.4. The molecule has 0 saturated heterocycles. The second-order valence-electron chi connectivity index (χ2n) is 5.93. The lowest BCUT2D eigenvalue weighted by molar-refractivity contribution is -0.161. The molecule has 0 bridgehead atoms. The van der Waals surface area contributed by atoms with Gasteiger partial charge in [-0.25, -0.2) is 0 Å². The molecule has 0 spiro atoms. The fraction of sp³-hybridized carbons (Fsp3) is 0.333. The average Bonchev–Trinajstić information content (AvgIpc) is 2.69. The summed E-state index contributed by atoms with van der Waals surface area (Å²) in [6, 6.07) is 11.1.